The maximum atomic E-state index is 11.8. The Bertz CT molecular complexity index is 359. The van der Waals surface area contributed by atoms with Crippen molar-refractivity contribution in [1.82, 2.24) is 0 Å². The zero-order valence-corrected chi connectivity index (χ0v) is 15.5. The summed E-state index contributed by atoms with van der Waals surface area (Å²) in [6.45, 7) is 4.08. The second kappa shape index (κ2) is 7.74. The van der Waals surface area contributed by atoms with Crippen LogP contribution in [0.5, 0.6) is 0 Å². The summed E-state index contributed by atoms with van der Waals surface area (Å²) in [6.07, 6.45) is 3.65. The molecular formula is C12H18Cl2O4Sn. The molecule has 0 atom stereocenters. The van der Waals surface area contributed by atoms with Gasteiger partial charge in [-0.2, -0.15) is 0 Å². The molecule has 19 heavy (non-hydrogen) atoms. The van der Waals surface area contributed by atoms with E-state index >= 15 is 0 Å². The summed E-state index contributed by atoms with van der Waals surface area (Å²) in [5, 5.41) is -0.725. The molecule has 1 aliphatic rings. The first kappa shape index (κ1) is 17.1. The SMILES string of the molecule is CCC[CH2][Sn]1([CH2]CCC)[O]C(=O)C(Cl)=C(Cl)C(=O)[O]1. The fourth-order valence-electron chi connectivity index (χ4n) is 1.85. The predicted molar refractivity (Wildman–Crippen MR) is 76.1 cm³/mol. The number of halogens is 2. The Hall–Kier alpha value is 0.0587. The van der Waals surface area contributed by atoms with Crippen molar-refractivity contribution in [2.45, 2.75) is 48.4 Å². The van der Waals surface area contributed by atoms with Gasteiger partial charge >= 0.3 is 129 Å². The van der Waals surface area contributed by atoms with Gasteiger partial charge in [0.05, 0.1) is 0 Å². The minimum atomic E-state index is -3.74. The van der Waals surface area contributed by atoms with Crippen molar-refractivity contribution in [2.24, 2.45) is 0 Å². The van der Waals surface area contributed by atoms with E-state index in [0.29, 0.717) is 8.87 Å². The summed E-state index contributed by atoms with van der Waals surface area (Å²) in [7, 11) is 0. The first-order valence-corrected chi connectivity index (χ1v) is 13.6. The third kappa shape index (κ3) is 4.53. The van der Waals surface area contributed by atoms with Crippen LogP contribution >= 0.6 is 23.2 Å². The van der Waals surface area contributed by atoms with Crippen molar-refractivity contribution >= 4 is 54.3 Å². The molecule has 0 aliphatic carbocycles. The van der Waals surface area contributed by atoms with E-state index in [1.54, 1.807) is 0 Å². The Morgan fingerprint density at radius 1 is 0.895 bits per heavy atom. The van der Waals surface area contributed by atoms with Gasteiger partial charge in [0.15, 0.2) is 0 Å². The first-order chi connectivity index (χ1) is 8.95. The molecule has 0 N–H and O–H groups in total. The number of hydrogen-bond acceptors (Lipinski definition) is 4. The molecule has 0 aromatic carbocycles. The van der Waals surface area contributed by atoms with Crippen LogP contribution in [0.3, 0.4) is 0 Å². The Balaban J connectivity index is 2.98. The summed E-state index contributed by atoms with van der Waals surface area (Å²) < 4.78 is 12.3. The van der Waals surface area contributed by atoms with E-state index < -0.39 is 31.1 Å². The molecular weight excluding hydrogens is 398 g/mol. The van der Waals surface area contributed by atoms with Crippen LogP contribution in [0, 0.1) is 0 Å². The molecule has 1 heterocycles. The molecule has 1 aliphatic heterocycles. The fraction of sp³-hybridized carbons (Fsp3) is 0.667. The Labute approximate surface area is 128 Å². The molecule has 0 aromatic rings. The van der Waals surface area contributed by atoms with Crippen LogP contribution in [-0.2, 0) is 15.7 Å². The van der Waals surface area contributed by atoms with Gasteiger partial charge in [0.1, 0.15) is 0 Å². The molecule has 0 unspecified atom stereocenters. The molecule has 0 saturated heterocycles. The number of unbranched alkanes of at least 4 members (excludes halogenated alkanes) is 2. The quantitative estimate of drug-likeness (QED) is 0.619. The molecule has 0 bridgehead atoms. The third-order valence-corrected chi connectivity index (χ3v) is 13.3. The molecule has 108 valence electrons. The molecule has 0 amide bonds. The van der Waals surface area contributed by atoms with E-state index in [2.05, 4.69) is 0 Å². The van der Waals surface area contributed by atoms with E-state index in [4.69, 9.17) is 29.4 Å². The number of rotatable bonds is 6. The molecule has 1 rings (SSSR count). The van der Waals surface area contributed by atoms with Crippen molar-refractivity contribution in [1.29, 1.82) is 0 Å². The summed E-state index contributed by atoms with van der Waals surface area (Å²) in [4.78, 5) is 23.7. The monoisotopic (exact) mass is 416 g/mol. The maximum absolute atomic E-state index is 11.8. The van der Waals surface area contributed by atoms with Gasteiger partial charge in [0, 0.05) is 0 Å². The van der Waals surface area contributed by atoms with Crippen LogP contribution in [-0.4, -0.2) is 31.1 Å². The summed E-state index contributed by atoms with van der Waals surface area (Å²) in [6, 6.07) is 0. The standard InChI is InChI=1S/C4H2Cl2O4.2C4H9.Sn/c5-1(3(7)8)2(6)4(9)10;2*1-3-4-2;/h(H,7,8)(H,9,10);2*1,3-4H2,2H3;/q;;;+2/p-2. The summed E-state index contributed by atoms with van der Waals surface area (Å²) in [5.41, 5.74) is 0. The number of carbonyl (C=O) groups is 2. The molecule has 0 aromatic heterocycles. The Morgan fingerprint density at radius 3 is 1.58 bits per heavy atom. The van der Waals surface area contributed by atoms with E-state index in [0.717, 1.165) is 25.7 Å². The predicted octanol–water partition coefficient (Wildman–Crippen LogP) is 3.82. The summed E-state index contributed by atoms with van der Waals surface area (Å²) >= 11 is 7.69. The van der Waals surface area contributed by atoms with E-state index in [1.165, 1.54) is 0 Å². The van der Waals surface area contributed by atoms with Crippen molar-refractivity contribution in [3.63, 3.8) is 0 Å². The molecule has 0 radical (unpaired) electrons. The van der Waals surface area contributed by atoms with E-state index in [1.807, 2.05) is 13.8 Å². The molecule has 0 saturated carbocycles. The van der Waals surface area contributed by atoms with Gasteiger partial charge in [0.2, 0.25) is 0 Å². The molecule has 4 nitrogen and oxygen atoms in total. The third-order valence-electron chi connectivity index (χ3n) is 2.93. The van der Waals surface area contributed by atoms with Gasteiger partial charge in [-0.25, -0.2) is 0 Å². The average Bonchev–Trinajstić information content (AvgIpc) is 2.47. The van der Waals surface area contributed by atoms with Crippen molar-refractivity contribution in [3.05, 3.63) is 10.1 Å². The second-order valence-electron chi connectivity index (χ2n) is 4.52. The molecule has 7 heteroatoms. The molecule has 0 spiro atoms. The number of carbonyl (C=O) groups excluding carboxylic acids is 2. The van der Waals surface area contributed by atoms with Crippen LogP contribution in [0.2, 0.25) is 8.87 Å². The normalized spacial score (nSPS) is 18.9. The Morgan fingerprint density at radius 2 is 1.26 bits per heavy atom. The zero-order chi connectivity index (χ0) is 14.5. The zero-order valence-electron chi connectivity index (χ0n) is 11.1. The van der Waals surface area contributed by atoms with Crippen LogP contribution in [0.4, 0.5) is 0 Å². The second-order valence-corrected chi connectivity index (χ2v) is 14.5. The average molecular weight is 416 g/mol. The number of hydrogen-bond donors (Lipinski definition) is 0. The van der Waals surface area contributed by atoms with Crippen LogP contribution in [0.25, 0.3) is 0 Å². The Kier molecular flexibility index (Phi) is 6.97. The van der Waals surface area contributed by atoms with Gasteiger partial charge in [-0.15, -0.1) is 0 Å². The van der Waals surface area contributed by atoms with Gasteiger partial charge in [-0.1, -0.05) is 0 Å². The van der Waals surface area contributed by atoms with Crippen LogP contribution in [0.15, 0.2) is 10.1 Å². The summed E-state index contributed by atoms with van der Waals surface area (Å²) in [5.74, 6) is -1.42. The van der Waals surface area contributed by atoms with Crippen molar-refractivity contribution in [2.75, 3.05) is 0 Å². The van der Waals surface area contributed by atoms with Gasteiger partial charge in [-0.3, -0.25) is 0 Å². The molecule has 0 fully saturated rings. The fourth-order valence-corrected chi connectivity index (χ4v) is 12.1. The van der Waals surface area contributed by atoms with E-state index in [9.17, 15) is 9.59 Å². The van der Waals surface area contributed by atoms with E-state index in [-0.39, 0.29) is 10.1 Å². The van der Waals surface area contributed by atoms with Crippen molar-refractivity contribution < 1.29 is 15.7 Å². The topological polar surface area (TPSA) is 52.6 Å². The minimum absolute atomic E-state index is 0.363. The van der Waals surface area contributed by atoms with Crippen molar-refractivity contribution in [3.8, 4) is 0 Å². The van der Waals surface area contributed by atoms with Crippen LogP contribution < -0.4 is 0 Å². The van der Waals surface area contributed by atoms with Gasteiger partial charge < -0.3 is 0 Å². The van der Waals surface area contributed by atoms with Gasteiger partial charge in [-0.05, 0) is 0 Å². The first-order valence-electron chi connectivity index (χ1n) is 6.47. The van der Waals surface area contributed by atoms with Crippen LogP contribution in [0.1, 0.15) is 39.5 Å². The van der Waals surface area contributed by atoms with Gasteiger partial charge in [0.25, 0.3) is 0 Å².